The van der Waals surface area contributed by atoms with E-state index in [4.69, 9.17) is 4.98 Å². The first-order valence-corrected chi connectivity index (χ1v) is 12.6. The van der Waals surface area contributed by atoms with Crippen molar-refractivity contribution >= 4 is 39.4 Å². The van der Waals surface area contributed by atoms with Gasteiger partial charge in [0, 0.05) is 6.54 Å². The van der Waals surface area contributed by atoms with Gasteiger partial charge in [0.1, 0.15) is 17.1 Å². The number of imide groups is 1. The number of para-hydroxylation sites is 1. The lowest BCUT2D eigenvalue weighted by Gasteiger charge is -2.35. The molecule has 2 fully saturated rings. The highest BCUT2D eigenvalue weighted by Gasteiger charge is 2.48. The number of fused-ring (bicyclic) bond motifs is 1. The first-order chi connectivity index (χ1) is 16.4. The number of amides is 4. The van der Waals surface area contributed by atoms with E-state index in [1.807, 2.05) is 54.6 Å². The smallest absolute Gasteiger partial charge is 0.325 e. The summed E-state index contributed by atoms with van der Waals surface area (Å²) in [6.45, 7) is 2.10. The van der Waals surface area contributed by atoms with Gasteiger partial charge in [-0.15, -0.1) is 11.3 Å². The monoisotopic (exact) mass is 476 g/mol. The number of nitrogens with one attached hydrogen (secondary N) is 1. The Labute approximate surface area is 202 Å². The SMILES string of the molecule is CC1(CCc2ccccc2)NC(=O)N(CC(=O)N2CCCCC2c2nc3ccccc3s2)C1=O. The van der Waals surface area contributed by atoms with Crippen molar-refractivity contribution in [1.29, 1.82) is 0 Å². The fraction of sp³-hybridized carbons (Fsp3) is 0.385. The van der Waals surface area contributed by atoms with Crippen LogP contribution in [0.4, 0.5) is 4.79 Å². The van der Waals surface area contributed by atoms with E-state index in [0.717, 1.165) is 45.0 Å². The van der Waals surface area contributed by atoms with Crippen molar-refractivity contribution in [3.8, 4) is 0 Å². The normalized spacial score (nSPS) is 22.9. The predicted octanol–water partition coefficient (Wildman–Crippen LogP) is 4.29. The third-order valence-corrected chi connectivity index (χ3v) is 7.95. The zero-order chi connectivity index (χ0) is 23.7. The summed E-state index contributed by atoms with van der Waals surface area (Å²) >= 11 is 1.61. The molecule has 1 N–H and O–H groups in total. The van der Waals surface area contributed by atoms with Gasteiger partial charge in [-0.2, -0.15) is 0 Å². The van der Waals surface area contributed by atoms with E-state index < -0.39 is 11.6 Å². The van der Waals surface area contributed by atoms with Gasteiger partial charge < -0.3 is 10.2 Å². The minimum atomic E-state index is -1.01. The Morgan fingerprint density at radius 1 is 1.12 bits per heavy atom. The number of hydrogen-bond acceptors (Lipinski definition) is 5. The molecular weight excluding hydrogens is 448 g/mol. The van der Waals surface area contributed by atoms with Crippen molar-refractivity contribution in [2.24, 2.45) is 0 Å². The first kappa shape index (κ1) is 22.5. The molecule has 1 aromatic heterocycles. The number of thiazole rings is 1. The van der Waals surface area contributed by atoms with Crippen LogP contribution in [0.2, 0.25) is 0 Å². The van der Waals surface area contributed by atoms with Crippen molar-refractivity contribution in [2.75, 3.05) is 13.1 Å². The Kier molecular flexibility index (Phi) is 6.08. The van der Waals surface area contributed by atoms with Gasteiger partial charge in [0.25, 0.3) is 5.91 Å². The van der Waals surface area contributed by atoms with Gasteiger partial charge in [-0.05, 0) is 56.7 Å². The summed E-state index contributed by atoms with van der Waals surface area (Å²) in [7, 11) is 0. The third kappa shape index (κ3) is 4.30. The summed E-state index contributed by atoms with van der Waals surface area (Å²) in [4.78, 5) is 46.9. The van der Waals surface area contributed by atoms with E-state index in [-0.39, 0.29) is 24.4 Å². The molecule has 176 valence electrons. The minimum Gasteiger partial charge on any atom is -0.332 e. The van der Waals surface area contributed by atoms with Gasteiger partial charge in [0.2, 0.25) is 5.91 Å². The average Bonchev–Trinajstić information content (AvgIpc) is 3.38. The first-order valence-electron chi connectivity index (χ1n) is 11.8. The maximum atomic E-state index is 13.4. The number of likely N-dealkylation sites (tertiary alicyclic amines) is 1. The van der Waals surface area contributed by atoms with E-state index in [1.54, 1.807) is 23.2 Å². The minimum absolute atomic E-state index is 0.121. The number of rotatable bonds is 6. The number of carbonyl (C=O) groups excluding carboxylic acids is 3. The van der Waals surface area contributed by atoms with Crippen LogP contribution < -0.4 is 5.32 Å². The van der Waals surface area contributed by atoms with Crippen LogP contribution in [0.3, 0.4) is 0 Å². The molecule has 0 saturated carbocycles. The lowest BCUT2D eigenvalue weighted by atomic mass is 9.93. The third-order valence-electron chi connectivity index (χ3n) is 6.81. The van der Waals surface area contributed by atoms with Crippen LogP contribution in [0, 0.1) is 0 Å². The van der Waals surface area contributed by atoms with E-state index in [0.29, 0.717) is 19.4 Å². The Balaban J connectivity index is 1.29. The molecule has 2 unspecified atom stereocenters. The summed E-state index contributed by atoms with van der Waals surface area (Å²) in [5.74, 6) is -0.546. The number of aryl methyl sites for hydroxylation is 1. The van der Waals surface area contributed by atoms with Crippen LogP contribution in [0.1, 0.15) is 49.2 Å². The molecule has 2 aliphatic rings. The molecule has 0 spiro atoms. The summed E-state index contributed by atoms with van der Waals surface area (Å²) in [6.07, 6.45) is 3.90. The second-order valence-corrected chi connectivity index (χ2v) is 10.3. The quantitative estimate of drug-likeness (QED) is 0.538. The highest BCUT2D eigenvalue weighted by Crippen LogP contribution is 2.36. The van der Waals surface area contributed by atoms with Crippen LogP contribution in [0.25, 0.3) is 10.2 Å². The molecule has 0 aliphatic carbocycles. The second-order valence-electron chi connectivity index (χ2n) is 9.26. The van der Waals surface area contributed by atoms with E-state index in [1.165, 1.54) is 0 Å². The molecular formula is C26H28N4O3S. The lowest BCUT2D eigenvalue weighted by molar-refractivity contribution is -0.141. The van der Waals surface area contributed by atoms with Gasteiger partial charge >= 0.3 is 6.03 Å². The Bertz CT molecular complexity index is 1190. The molecule has 3 aromatic rings. The Morgan fingerprint density at radius 2 is 1.88 bits per heavy atom. The molecule has 2 atom stereocenters. The van der Waals surface area contributed by atoms with Crippen LogP contribution in [0.15, 0.2) is 54.6 Å². The van der Waals surface area contributed by atoms with Crippen LogP contribution in [0.5, 0.6) is 0 Å². The second kappa shape index (κ2) is 9.18. The van der Waals surface area contributed by atoms with Crippen LogP contribution in [-0.4, -0.2) is 51.3 Å². The summed E-state index contributed by atoms with van der Waals surface area (Å²) in [5, 5.41) is 3.74. The van der Waals surface area contributed by atoms with E-state index in [2.05, 4.69) is 5.32 Å². The number of urea groups is 1. The predicted molar refractivity (Wildman–Crippen MR) is 131 cm³/mol. The number of carbonyl (C=O) groups is 3. The number of benzene rings is 2. The van der Waals surface area contributed by atoms with E-state index in [9.17, 15) is 14.4 Å². The molecule has 5 rings (SSSR count). The van der Waals surface area contributed by atoms with Crippen molar-refractivity contribution in [1.82, 2.24) is 20.1 Å². The van der Waals surface area contributed by atoms with Gasteiger partial charge in [-0.3, -0.25) is 14.5 Å². The molecule has 3 heterocycles. The Morgan fingerprint density at radius 3 is 2.68 bits per heavy atom. The van der Waals surface area contributed by atoms with Gasteiger partial charge in [-0.25, -0.2) is 9.78 Å². The molecule has 34 heavy (non-hydrogen) atoms. The molecule has 8 heteroatoms. The summed E-state index contributed by atoms with van der Waals surface area (Å²) in [5.41, 5.74) is 1.03. The molecule has 0 radical (unpaired) electrons. The molecule has 0 bridgehead atoms. The molecule has 4 amide bonds. The zero-order valence-corrected chi connectivity index (χ0v) is 20.0. The largest absolute Gasteiger partial charge is 0.332 e. The molecule has 2 saturated heterocycles. The molecule has 2 aromatic carbocycles. The molecule has 7 nitrogen and oxygen atoms in total. The fourth-order valence-corrected chi connectivity index (χ4v) is 5.96. The van der Waals surface area contributed by atoms with Crippen LogP contribution in [-0.2, 0) is 16.0 Å². The van der Waals surface area contributed by atoms with Crippen molar-refractivity contribution in [3.63, 3.8) is 0 Å². The Hall–Kier alpha value is -3.26. The zero-order valence-electron chi connectivity index (χ0n) is 19.2. The number of nitrogens with zero attached hydrogens (tertiary/aromatic N) is 3. The summed E-state index contributed by atoms with van der Waals surface area (Å²) < 4.78 is 1.10. The van der Waals surface area contributed by atoms with Gasteiger partial charge in [-0.1, -0.05) is 42.5 Å². The van der Waals surface area contributed by atoms with Crippen molar-refractivity contribution < 1.29 is 14.4 Å². The van der Waals surface area contributed by atoms with Crippen molar-refractivity contribution in [2.45, 2.75) is 50.6 Å². The topological polar surface area (TPSA) is 82.6 Å². The summed E-state index contributed by atoms with van der Waals surface area (Å²) in [6, 6.07) is 17.2. The highest BCUT2D eigenvalue weighted by atomic mass is 32.1. The van der Waals surface area contributed by atoms with E-state index >= 15 is 0 Å². The number of piperidine rings is 1. The van der Waals surface area contributed by atoms with Gasteiger partial charge in [0.05, 0.1) is 16.3 Å². The molecule has 2 aliphatic heterocycles. The standard InChI is InChI=1S/C26H28N4O3S/c1-26(15-14-18-9-3-2-4-10-18)24(32)30(25(33)28-26)17-22(31)29-16-8-7-12-20(29)23-27-19-11-5-6-13-21(19)34-23/h2-6,9-11,13,20H,7-8,12,14-17H2,1H3,(H,28,33). The number of aromatic nitrogens is 1. The lowest BCUT2D eigenvalue weighted by Crippen LogP contribution is -2.47. The average molecular weight is 477 g/mol. The maximum Gasteiger partial charge on any atom is 0.325 e. The highest BCUT2D eigenvalue weighted by molar-refractivity contribution is 7.18. The number of hydrogen-bond donors (Lipinski definition) is 1. The van der Waals surface area contributed by atoms with Gasteiger partial charge in [0.15, 0.2) is 0 Å². The fourth-order valence-electron chi connectivity index (χ4n) is 4.84. The van der Waals surface area contributed by atoms with Crippen LogP contribution >= 0.6 is 11.3 Å². The maximum absolute atomic E-state index is 13.4. The van der Waals surface area contributed by atoms with Crippen molar-refractivity contribution in [3.05, 3.63) is 65.2 Å².